The highest BCUT2D eigenvalue weighted by atomic mass is 16.5. The number of carboxylic acids is 1. The van der Waals surface area contributed by atoms with Crippen molar-refractivity contribution in [1.82, 2.24) is 5.32 Å². The van der Waals surface area contributed by atoms with Crippen LogP contribution in [0.2, 0.25) is 0 Å². The van der Waals surface area contributed by atoms with Crippen LogP contribution in [0.1, 0.15) is 29.6 Å². The van der Waals surface area contributed by atoms with Crippen LogP contribution >= 0.6 is 0 Å². The first kappa shape index (κ1) is 25.5. The Bertz CT molecular complexity index is 693. The molecule has 1 heterocycles. The van der Waals surface area contributed by atoms with Gasteiger partial charge in [-0.3, -0.25) is 9.59 Å². The highest BCUT2D eigenvalue weighted by molar-refractivity contribution is 5.76. The summed E-state index contributed by atoms with van der Waals surface area (Å²) in [6.45, 7) is 4.44. The largest absolute Gasteiger partial charge is 0.480 e. The fourth-order valence-corrected chi connectivity index (χ4v) is 2.53. The quantitative estimate of drug-likeness (QED) is 0.403. The van der Waals surface area contributed by atoms with Crippen LogP contribution in [0.4, 0.5) is 0 Å². The van der Waals surface area contributed by atoms with Crippen LogP contribution in [-0.2, 0) is 9.53 Å². The summed E-state index contributed by atoms with van der Waals surface area (Å²) >= 11 is 0. The number of aliphatic carboxylic acids is 1. The van der Waals surface area contributed by atoms with Crippen LogP contribution in [0, 0.1) is 0 Å². The molecule has 1 atom stereocenters. The Kier molecular flexibility index (Phi) is 13.8. The highest BCUT2D eigenvalue weighted by Gasteiger charge is 2.09. The van der Waals surface area contributed by atoms with E-state index in [2.05, 4.69) is 17.4 Å². The molecule has 164 valence electrons. The maximum absolute atomic E-state index is 10.5. The number of nitrogens with two attached hydrogens (primary N) is 2. The van der Waals surface area contributed by atoms with E-state index >= 15 is 0 Å². The molecule has 3 rings (SSSR count). The fourth-order valence-electron chi connectivity index (χ4n) is 2.53. The van der Waals surface area contributed by atoms with Crippen molar-refractivity contribution in [3.8, 4) is 11.1 Å². The number of benzene rings is 2. The predicted molar refractivity (Wildman–Crippen MR) is 119 cm³/mol. The maximum atomic E-state index is 10.5. The Morgan fingerprint density at radius 2 is 1.63 bits per heavy atom. The lowest BCUT2D eigenvalue weighted by molar-refractivity contribution is -0.138. The first-order valence-electron chi connectivity index (χ1n) is 10.2. The Hall–Kier alpha value is -2.58. The standard InChI is InChI=1S/C13H10O.C6H14N2O2.C4H9NO/c14-10-11-6-8-13(9-7-11)12-4-2-1-3-5-12;7-4-2-1-3-5(8)6(9)10;1-3-6-4-2-5-1/h1-10H;5H,1-4,7-8H2,(H,9,10);5H,1-4H2/t;5-;/m.0./s1. The average molecular weight is 416 g/mol. The molecular formula is C23H33N3O4. The van der Waals surface area contributed by atoms with Crippen LogP contribution in [0.15, 0.2) is 54.6 Å². The first-order chi connectivity index (χ1) is 14.6. The molecule has 7 nitrogen and oxygen atoms in total. The molecule has 1 saturated heterocycles. The minimum Gasteiger partial charge on any atom is -0.480 e. The molecule has 6 N–H and O–H groups in total. The van der Waals surface area contributed by atoms with Gasteiger partial charge in [-0.15, -0.1) is 0 Å². The number of carbonyl (C=O) groups is 2. The van der Waals surface area contributed by atoms with Crippen molar-refractivity contribution in [1.29, 1.82) is 0 Å². The molecule has 2 aromatic rings. The number of unbranched alkanes of at least 4 members (excludes halogenated alkanes) is 1. The maximum Gasteiger partial charge on any atom is 0.320 e. The zero-order valence-corrected chi connectivity index (χ0v) is 17.3. The van der Waals surface area contributed by atoms with Gasteiger partial charge in [0.15, 0.2) is 0 Å². The van der Waals surface area contributed by atoms with Gasteiger partial charge in [0.05, 0.1) is 13.2 Å². The zero-order valence-electron chi connectivity index (χ0n) is 17.3. The van der Waals surface area contributed by atoms with Gasteiger partial charge in [-0.05, 0) is 30.5 Å². The summed E-state index contributed by atoms with van der Waals surface area (Å²) in [6, 6.07) is 17.0. The first-order valence-corrected chi connectivity index (χ1v) is 10.2. The number of hydrogen-bond donors (Lipinski definition) is 4. The van der Waals surface area contributed by atoms with Gasteiger partial charge >= 0.3 is 5.97 Å². The number of morpholine rings is 1. The van der Waals surface area contributed by atoms with Gasteiger partial charge in [-0.25, -0.2) is 0 Å². The number of rotatable bonds is 7. The summed E-state index contributed by atoms with van der Waals surface area (Å²) in [6.07, 6.45) is 3.02. The van der Waals surface area contributed by atoms with Crippen LogP contribution < -0.4 is 16.8 Å². The third-order valence-electron chi connectivity index (χ3n) is 4.29. The van der Waals surface area contributed by atoms with E-state index in [1.54, 1.807) is 0 Å². The van der Waals surface area contributed by atoms with Crippen molar-refractivity contribution < 1.29 is 19.4 Å². The van der Waals surface area contributed by atoms with Crippen LogP contribution in [-0.4, -0.2) is 56.3 Å². The number of carboxylic acid groups (broad SMARTS) is 1. The molecule has 2 aromatic carbocycles. The lowest BCUT2D eigenvalue weighted by atomic mass is 10.0. The van der Waals surface area contributed by atoms with E-state index in [1.807, 2.05) is 42.5 Å². The summed E-state index contributed by atoms with van der Waals surface area (Å²) in [5, 5.41) is 11.5. The number of hydrogen-bond acceptors (Lipinski definition) is 6. The van der Waals surface area contributed by atoms with E-state index < -0.39 is 12.0 Å². The highest BCUT2D eigenvalue weighted by Crippen LogP contribution is 2.18. The second-order valence-corrected chi connectivity index (χ2v) is 6.70. The number of nitrogens with one attached hydrogen (secondary N) is 1. The second-order valence-electron chi connectivity index (χ2n) is 6.70. The molecule has 1 fully saturated rings. The lowest BCUT2D eigenvalue weighted by Gasteiger charge is -2.10. The normalized spacial score (nSPS) is 13.7. The molecule has 1 aliphatic heterocycles. The minimum atomic E-state index is -0.933. The molecule has 0 saturated carbocycles. The molecule has 0 radical (unpaired) electrons. The van der Waals surface area contributed by atoms with Gasteiger partial charge in [0.25, 0.3) is 0 Å². The van der Waals surface area contributed by atoms with Crippen molar-refractivity contribution in [2.45, 2.75) is 25.3 Å². The molecule has 0 unspecified atom stereocenters. The summed E-state index contributed by atoms with van der Waals surface area (Å²) < 4.78 is 5.01. The molecule has 30 heavy (non-hydrogen) atoms. The van der Waals surface area contributed by atoms with Gasteiger partial charge in [0.1, 0.15) is 12.3 Å². The van der Waals surface area contributed by atoms with Gasteiger partial charge in [0, 0.05) is 18.7 Å². The Labute approximate surface area is 178 Å². The SMILES string of the molecule is C1COCCN1.NCCCC[C@H](N)C(=O)O.O=Cc1ccc(-c2ccccc2)cc1. The fraction of sp³-hybridized carbons (Fsp3) is 0.391. The van der Waals surface area contributed by atoms with E-state index in [0.717, 1.165) is 51.0 Å². The van der Waals surface area contributed by atoms with Crippen LogP contribution in [0.25, 0.3) is 11.1 Å². The topological polar surface area (TPSA) is 128 Å². The van der Waals surface area contributed by atoms with Crippen molar-refractivity contribution >= 4 is 12.3 Å². The molecule has 0 aliphatic carbocycles. The lowest BCUT2D eigenvalue weighted by Crippen LogP contribution is -2.30. The minimum absolute atomic E-state index is 0.520. The van der Waals surface area contributed by atoms with E-state index in [-0.39, 0.29) is 0 Å². The Morgan fingerprint density at radius 1 is 1.03 bits per heavy atom. The third kappa shape index (κ3) is 11.4. The Morgan fingerprint density at radius 3 is 2.07 bits per heavy atom. The van der Waals surface area contributed by atoms with Crippen molar-refractivity contribution in [3.05, 3.63) is 60.2 Å². The zero-order chi connectivity index (χ0) is 22.0. The molecule has 0 aromatic heterocycles. The van der Waals surface area contributed by atoms with Gasteiger partial charge in [0.2, 0.25) is 0 Å². The van der Waals surface area contributed by atoms with E-state index in [1.165, 1.54) is 5.56 Å². The number of aldehydes is 1. The summed E-state index contributed by atoms with van der Waals surface area (Å²) in [7, 11) is 0. The van der Waals surface area contributed by atoms with Gasteiger partial charge in [-0.2, -0.15) is 0 Å². The predicted octanol–water partition coefficient (Wildman–Crippen LogP) is 2.30. The molecule has 0 amide bonds. The summed E-state index contributed by atoms with van der Waals surface area (Å²) in [5.74, 6) is -0.933. The molecule has 0 spiro atoms. The molecule has 1 aliphatic rings. The molecular weight excluding hydrogens is 382 g/mol. The Balaban J connectivity index is 0.000000246. The van der Waals surface area contributed by atoms with Crippen molar-refractivity contribution in [2.24, 2.45) is 11.5 Å². The van der Waals surface area contributed by atoms with Gasteiger partial charge in [-0.1, -0.05) is 61.0 Å². The van der Waals surface area contributed by atoms with Crippen LogP contribution in [0.3, 0.4) is 0 Å². The van der Waals surface area contributed by atoms with Crippen molar-refractivity contribution in [3.63, 3.8) is 0 Å². The monoisotopic (exact) mass is 415 g/mol. The number of ether oxygens (including phenoxy) is 1. The molecule has 7 heteroatoms. The third-order valence-corrected chi connectivity index (χ3v) is 4.29. The van der Waals surface area contributed by atoms with Crippen LogP contribution in [0.5, 0.6) is 0 Å². The van der Waals surface area contributed by atoms with E-state index in [4.69, 9.17) is 21.3 Å². The average Bonchev–Trinajstić information content (AvgIpc) is 2.82. The number of carbonyl (C=O) groups excluding carboxylic acids is 1. The van der Waals surface area contributed by atoms with E-state index in [9.17, 15) is 9.59 Å². The second kappa shape index (κ2) is 16.2. The molecule has 0 bridgehead atoms. The van der Waals surface area contributed by atoms with E-state index in [0.29, 0.717) is 18.5 Å². The van der Waals surface area contributed by atoms with Crippen molar-refractivity contribution in [2.75, 3.05) is 32.8 Å². The summed E-state index contributed by atoms with van der Waals surface area (Å²) in [4.78, 5) is 20.6. The summed E-state index contributed by atoms with van der Waals surface area (Å²) in [5.41, 5.74) is 13.4. The smallest absolute Gasteiger partial charge is 0.320 e. The van der Waals surface area contributed by atoms with Gasteiger partial charge < -0.3 is 26.6 Å².